The highest BCUT2D eigenvalue weighted by molar-refractivity contribution is 5.82. The number of rotatable bonds is 4. The van der Waals surface area contributed by atoms with Crippen LogP contribution < -0.4 is 11.1 Å². The maximum Gasteiger partial charge on any atom is 0.239 e. The van der Waals surface area contributed by atoms with Crippen LogP contribution in [0.15, 0.2) is 0 Å². The molecule has 1 unspecified atom stereocenters. The topological polar surface area (TPSA) is 64.3 Å². The molecule has 0 aromatic carbocycles. The minimum Gasteiger partial charge on any atom is -0.383 e. The first-order chi connectivity index (χ1) is 8.67. The lowest BCUT2D eigenvalue weighted by Gasteiger charge is -2.54. The monoisotopic (exact) mass is 252 g/mol. The Morgan fingerprint density at radius 3 is 2.28 bits per heavy atom. The Morgan fingerprint density at radius 2 is 1.78 bits per heavy atom. The molecule has 0 saturated heterocycles. The Kier molecular flexibility index (Phi) is 3.32. The minimum absolute atomic E-state index is 0.0330. The molecular weight excluding hydrogens is 228 g/mol. The average Bonchev–Trinajstić information content (AvgIpc) is 2.33. The third-order valence-corrected chi connectivity index (χ3v) is 5.22. The van der Waals surface area contributed by atoms with Crippen molar-refractivity contribution < 1.29 is 9.53 Å². The van der Waals surface area contributed by atoms with Gasteiger partial charge >= 0.3 is 0 Å². The van der Waals surface area contributed by atoms with Gasteiger partial charge in [0.1, 0.15) is 6.04 Å². The molecule has 102 valence electrons. The van der Waals surface area contributed by atoms with Gasteiger partial charge in [-0.05, 0) is 55.8 Å². The first-order valence-corrected chi connectivity index (χ1v) is 7.22. The third kappa shape index (κ3) is 2.16. The number of nitrogens with one attached hydrogen (secondary N) is 1. The van der Waals surface area contributed by atoms with Gasteiger partial charge in [0, 0.05) is 13.2 Å². The van der Waals surface area contributed by atoms with Gasteiger partial charge in [0.15, 0.2) is 0 Å². The van der Waals surface area contributed by atoms with E-state index in [1.54, 1.807) is 7.11 Å². The van der Waals surface area contributed by atoms with Crippen molar-refractivity contribution in [3.8, 4) is 0 Å². The zero-order valence-corrected chi connectivity index (χ0v) is 11.1. The lowest BCUT2D eigenvalue weighted by molar-refractivity contribution is -0.127. The van der Waals surface area contributed by atoms with E-state index in [-0.39, 0.29) is 5.91 Å². The van der Waals surface area contributed by atoms with Crippen LogP contribution in [0.1, 0.15) is 32.1 Å². The van der Waals surface area contributed by atoms with Gasteiger partial charge in [-0.15, -0.1) is 0 Å². The van der Waals surface area contributed by atoms with Gasteiger partial charge in [-0.25, -0.2) is 0 Å². The summed E-state index contributed by atoms with van der Waals surface area (Å²) in [6, 6.07) is -0.139. The number of amides is 1. The van der Waals surface area contributed by atoms with Crippen molar-refractivity contribution in [1.82, 2.24) is 5.32 Å². The molecule has 4 aliphatic carbocycles. The van der Waals surface area contributed by atoms with Crippen molar-refractivity contribution in [2.45, 2.75) is 44.2 Å². The fraction of sp³-hybridized carbons (Fsp3) is 0.929. The van der Waals surface area contributed by atoms with Gasteiger partial charge in [-0.3, -0.25) is 4.79 Å². The van der Waals surface area contributed by atoms with E-state index in [0.29, 0.717) is 24.5 Å². The summed E-state index contributed by atoms with van der Waals surface area (Å²) in [7, 11) is 1.58. The number of hydrogen-bond donors (Lipinski definition) is 2. The Hall–Kier alpha value is -0.610. The van der Waals surface area contributed by atoms with E-state index in [4.69, 9.17) is 10.5 Å². The molecule has 0 radical (unpaired) electrons. The minimum atomic E-state index is -0.521. The lowest BCUT2D eigenvalue weighted by atomic mass is 9.54. The highest BCUT2D eigenvalue weighted by Gasteiger charge is 2.48. The smallest absolute Gasteiger partial charge is 0.239 e. The van der Waals surface area contributed by atoms with E-state index in [2.05, 4.69) is 5.32 Å². The van der Waals surface area contributed by atoms with Crippen LogP contribution in [0.4, 0.5) is 0 Å². The van der Waals surface area contributed by atoms with Crippen LogP contribution in [-0.4, -0.2) is 31.7 Å². The zero-order chi connectivity index (χ0) is 12.7. The predicted molar refractivity (Wildman–Crippen MR) is 68.8 cm³/mol. The molecule has 18 heavy (non-hydrogen) atoms. The van der Waals surface area contributed by atoms with E-state index in [0.717, 1.165) is 11.8 Å². The molecule has 4 fully saturated rings. The van der Waals surface area contributed by atoms with Crippen LogP contribution in [0.2, 0.25) is 0 Å². The molecule has 4 heteroatoms. The molecule has 4 nitrogen and oxygen atoms in total. The number of carbonyl (C=O) groups is 1. The molecule has 1 amide bonds. The molecule has 1 atom stereocenters. The van der Waals surface area contributed by atoms with E-state index in [9.17, 15) is 4.79 Å². The number of methoxy groups -OCH3 is 1. The van der Waals surface area contributed by atoms with Gasteiger partial charge in [0.2, 0.25) is 5.91 Å². The molecule has 4 saturated carbocycles. The van der Waals surface area contributed by atoms with Crippen molar-refractivity contribution in [3.05, 3.63) is 0 Å². The van der Waals surface area contributed by atoms with Gasteiger partial charge in [-0.2, -0.15) is 0 Å². The van der Waals surface area contributed by atoms with Crippen LogP contribution in [0.3, 0.4) is 0 Å². The fourth-order valence-electron chi connectivity index (χ4n) is 4.69. The summed E-state index contributed by atoms with van der Waals surface area (Å²) in [6.45, 7) is 0.305. The lowest BCUT2D eigenvalue weighted by Crippen LogP contribution is -2.58. The molecule has 0 spiro atoms. The maximum absolute atomic E-state index is 12.0. The second-order valence-corrected chi connectivity index (χ2v) is 6.53. The van der Waals surface area contributed by atoms with E-state index in [1.165, 1.54) is 32.1 Å². The number of nitrogens with two attached hydrogens (primary N) is 1. The summed E-state index contributed by atoms with van der Waals surface area (Å²) in [5.41, 5.74) is 5.79. The molecule has 0 aromatic rings. The van der Waals surface area contributed by atoms with Crippen molar-refractivity contribution in [3.63, 3.8) is 0 Å². The largest absolute Gasteiger partial charge is 0.383 e. The van der Waals surface area contributed by atoms with Crippen molar-refractivity contribution >= 4 is 5.91 Å². The van der Waals surface area contributed by atoms with Crippen LogP contribution in [0, 0.1) is 23.7 Å². The van der Waals surface area contributed by atoms with E-state index in [1.807, 2.05) is 0 Å². The van der Waals surface area contributed by atoms with Crippen LogP contribution in [0.5, 0.6) is 0 Å². The first kappa shape index (κ1) is 12.4. The van der Waals surface area contributed by atoms with Gasteiger partial charge in [0.05, 0.1) is 6.61 Å². The number of ether oxygens (including phenoxy) is 1. The standard InChI is InChI=1S/C14H24N2O2/c1-18-7-12(15)14(17)16-13-10-3-8-2-9(5-10)6-11(13)4-8/h8-13H,2-7,15H2,1H3,(H,16,17). The second kappa shape index (κ2) is 4.82. The first-order valence-electron chi connectivity index (χ1n) is 7.22. The van der Waals surface area contributed by atoms with Crippen LogP contribution >= 0.6 is 0 Å². The normalized spacial score (nSPS) is 42.9. The Bertz CT molecular complexity index is 304. The second-order valence-electron chi connectivity index (χ2n) is 6.53. The summed E-state index contributed by atoms with van der Waals surface area (Å²) < 4.78 is 4.95. The molecule has 4 rings (SSSR count). The van der Waals surface area contributed by atoms with Gasteiger partial charge in [-0.1, -0.05) is 0 Å². The number of carbonyl (C=O) groups excluding carboxylic acids is 1. The van der Waals surface area contributed by atoms with Crippen molar-refractivity contribution in [1.29, 1.82) is 0 Å². The van der Waals surface area contributed by atoms with E-state index >= 15 is 0 Å². The highest BCUT2D eigenvalue weighted by atomic mass is 16.5. The molecule has 0 heterocycles. The van der Waals surface area contributed by atoms with E-state index < -0.39 is 6.04 Å². The molecule has 4 aliphatic rings. The van der Waals surface area contributed by atoms with Crippen LogP contribution in [-0.2, 0) is 9.53 Å². The molecule has 4 bridgehead atoms. The fourth-order valence-corrected chi connectivity index (χ4v) is 4.69. The van der Waals surface area contributed by atoms with Gasteiger partial charge < -0.3 is 15.8 Å². The highest BCUT2D eigenvalue weighted by Crippen LogP contribution is 2.53. The number of hydrogen-bond acceptors (Lipinski definition) is 3. The van der Waals surface area contributed by atoms with Crippen LogP contribution in [0.25, 0.3) is 0 Å². The Morgan fingerprint density at radius 1 is 1.22 bits per heavy atom. The maximum atomic E-state index is 12.0. The molecule has 0 aromatic heterocycles. The molecular formula is C14H24N2O2. The van der Waals surface area contributed by atoms with Crippen molar-refractivity contribution in [2.75, 3.05) is 13.7 Å². The SMILES string of the molecule is COCC(N)C(=O)NC1C2CC3CC(C2)CC1C3. The zero-order valence-electron chi connectivity index (χ0n) is 11.1. The third-order valence-electron chi connectivity index (χ3n) is 5.22. The quantitative estimate of drug-likeness (QED) is 0.781. The average molecular weight is 252 g/mol. The van der Waals surface area contributed by atoms with Gasteiger partial charge in [0.25, 0.3) is 0 Å². The summed E-state index contributed by atoms with van der Waals surface area (Å²) in [4.78, 5) is 12.0. The summed E-state index contributed by atoms with van der Waals surface area (Å²) in [5.74, 6) is 3.26. The molecule has 3 N–H and O–H groups in total. The Balaban J connectivity index is 1.61. The predicted octanol–water partition coefficient (Wildman–Crippen LogP) is 0.901. The molecule has 0 aliphatic heterocycles. The van der Waals surface area contributed by atoms with Crippen molar-refractivity contribution in [2.24, 2.45) is 29.4 Å². The summed E-state index contributed by atoms with van der Waals surface area (Å²) in [6.07, 6.45) is 6.71. The Labute approximate surface area is 109 Å². The summed E-state index contributed by atoms with van der Waals surface area (Å²) >= 11 is 0. The summed E-state index contributed by atoms with van der Waals surface area (Å²) in [5, 5.41) is 3.20.